The summed E-state index contributed by atoms with van der Waals surface area (Å²) in [7, 11) is 0. The van der Waals surface area contributed by atoms with Gasteiger partial charge in [-0.1, -0.05) is 54.6 Å². The number of rotatable bonds is 8. The number of para-hydroxylation sites is 1. The van der Waals surface area contributed by atoms with E-state index in [1.165, 1.54) is 0 Å². The molecular formula is C30H34N4O3S. The average molecular weight is 531 g/mol. The second-order valence-electron chi connectivity index (χ2n) is 10.1. The Kier molecular flexibility index (Phi) is 7.76. The van der Waals surface area contributed by atoms with E-state index >= 15 is 0 Å². The number of hydrogen-bond donors (Lipinski definition) is 2. The van der Waals surface area contributed by atoms with Gasteiger partial charge in [-0.3, -0.25) is 14.6 Å². The van der Waals surface area contributed by atoms with Crippen molar-refractivity contribution >= 4 is 33.1 Å². The van der Waals surface area contributed by atoms with Crippen molar-refractivity contribution in [1.29, 1.82) is 0 Å². The van der Waals surface area contributed by atoms with E-state index < -0.39 is 5.72 Å². The van der Waals surface area contributed by atoms with Crippen LogP contribution in [0, 0.1) is 13.8 Å². The van der Waals surface area contributed by atoms with Gasteiger partial charge in [0.05, 0.1) is 16.8 Å². The normalized spacial score (nSPS) is 16.3. The number of nitrogens with one attached hydrogen (secondary N) is 1. The van der Waals surface area contributed by atoms with E-state index in [2.05, 4.69) is 22.3 Å². The molecule has 3 aromatic carbocycles. The predicted octanol–water partition coefficient (Wildman–Crippen LogP) is 4.92. The molecule has 0 radical (unpaired) electrons. The fourth-order valence-corrected chi connectivity index (χ4v) is 5.87. The Morgan fingerprint density at radius 3 is 2.39 bits per heavy atom. The van der Waals surface area contributed by atoms with Crippen molar-refractivity contribution in [2.24, 2.45) is 0 Å². The monoisotopic (exact) mass is 530 g/mol. The minimum absolute atomic E-state index is 0.0153. The number of piperazine rings is 1. The lowest BCUT2D eigenvalue weighted by molar-refractivity contribution is -0.134. The van der Waals surface area contributed by atoms with Crippen molar-refractivity contribution in [3.05, 3.63) is 77.9 Å². The number of carbonyl (C=O) groups is 1. The van der Waals surface area contributed by atoms with Crippen LogP contribution in [-0.4, -0.2) is 70.9 Å². The zero-order chi connectivity index (χ0) is 26.7. The number of carbonyl (C=O) groups excluding carboxylic acids is 1. The minimum atomic E-state index is -1.14. The maximum Gasteiger partial charge on any atom is 0.238 e. The van der Waals surface area contributed by atoms with E-state index in [1.807, 2.05) is 73.3 Å². The molecule has 8 heteroatoms. The summed E-state index contributed by atoms with van der Waals surface area (Å²) in [4.78, 5) is 21.6. The molecule has 5 rings (SSSR count). The third-order valence-corrected chi connectivity index (χ3v) is 8.20. The summed E-state index contributed by atoms with van der Waals surface area (Å²) in [6.07, 6.45) is 0. The van der Waals surface area contributed by atoms with Crippen LogP contribution < -0.4 is 10.1 Å². The van der Waals surface area contributed by atoms with Gasteiger partial charge < -0.3 is 15.2 Å². The fraction of sp³-hybridized carbons (Fsp3) is 0.333. The maximum atomic E-state index is 12.7. The van der Waals surface area contributed by atoms with E-state index in [1.54, 1.807) is 18.3 Å². The summed E-state index contributed by atoms with van der Waals surface area (Å²) in [5.74, 6) is 0.711. The van der Waals surface area contributed by atoms with Crippen LogP contribution >= 0.6 is 11.3 Å². The lowest BCUT2D eigenvalue weighted by atomic mass is 10.1. The molecule has 1 aromatic heterocycles. The van der Waals surface area contributed by atoms with Crippen molar-refractivity contribution in [2.45, 2.75) is 26.5 Å². The van der Waals surface area contributed by atoms with Gasteiger partial charge in [0.1, 0.15) is 23.1 Å². The molecule has 7 nitrogen and oxygen atoms in total. The molecule has 0 bridgehead atoms. The summed E-state index contributed by atoms with van der Waals surface area (Å²) >= 11 is 1.60. The number of thiazole rings is 1. The number of anilines is 1. The molecule has 38 heavy (non-hydrogen) atoms. The minimum Gasteiger partial charge on any atom is -0.488 e. The molecule has 1 unspecified atom stereocenters. The van der Waals surface area contributed by atoms with Gasteiger partial charge in [-0.15, -0.1) is 11.3 Å². The summed E-state index contributed by atoms with van der Waals surface area (Å²) in [5.41, 5.74) is 3.84. The molecule has 198 valence electrons. The molecular weight excluding hydrogens is 496 g/mol. The first kappa shape index (κ1) is 26.3. The molecule has 1 fully saturated rings. The van der Waals surface area contributed by atoms with Gasteiger partial charge in [0.2, 0.25) is 5.91 Å². The number of aliphatic hydroxyl groups is 1. The molecule has 0 saturated carbocycles. The highest BCUT2D eigenvalue weighted by Crippen LogP contribution is 2.36. The molecule has 1 amide bonds. The number of aryl methyl sites for hydroxylation is 2. The van der Waals surface area contributed by atoms with Crippen LogP contribution in [0.2, 0.25) is 0 Å². The van der Waals surface area contributed by atoms with E-state index in [0.29, 0.717) is 32.7 Å². The average Bonchev–Trinajstić information content (AvgIpc) is 3.36. The van der Waals surface area contributed by atoms with E-state index in [-0.39, 0.29) is 12.5 Å². The van der Waals surface area contributed by atoms with Gasteiger partial charge in [0.15, 0.2) is 0 Å². The Hall–Kier alpha value is -3.30. The van der Waals surface area contributed by atoms with E-state index in [4.69, 9.17) is 9.72 Å². The lowest BCUT2D eigenvalue weighted by Crippen LogP contribution is -2.58. The maximum absolute atomic E-state index is 12.7. The smallest absolute Gasteiger partial charge is 0.238 e. The molecule has 0 aliphatic carbocycles. The highest BCUT2D eigenvalue weighted by molar-refractivity contribution is 7.22. The Balaban J connectivity index is 1.16. The van der Waals surface area contributed by atoms with Crippen LogP contribution in [0.3, 0.4) is 0 Å². The number of nitrogens with zero attached hydrogens (tertiary/aromatic N) is 3. The first-order valence-electron chi connectivity index (χ1n) is 12.9. The molecule has 1 atom stereocenters. The summed E-state index contributed by atoms with van der Waals surface area (Å²) < 4.78 is 7.14. The number of amides is 1. The number of hydrogen-bond acceptors (Lipinski definition) is 7. The SMILES string of the molecule is Cc1cccc(C)c1NC(=O)CN1CCN(C(C)(O)COc2cccc3nc(-c4ccccc4)sc23)CC1. The Labute approximate surface area is 227 Å². The largest absolute Gasteiger partial charge is 0.488 e. The topological polar surface area (TPSA) is 77.9 Å². The van der Waals surface area contributed by atoms with Gasteiger partial charge >= 0.3 is 0 Å². The summed E-state index contributed by atoms with van der Waals surface area (Å²) in [5, 5.41) is 15.3. The third-order valence-electron chi connectivity index (χ3n) is 7.07. The first-order chi connectivity index (χ1) is 18.3. The van der Waals surface area contributed by atoms with Crippen LogP contribution in [0.1, 0.15) is 18.1 Å². The second kappa shape index (κ2) is 11.2. The summed E-state index contributed by atoms with van der Waals surface area (Å²) in [6.45, 7) is 8.95. The van der Waals surface area contributed by atoms with Gasteiger partial charge in [0.25, 0.3) is 0 Å². The second-order valence-corrected chi connectivity index (χ2v) is 11.1. The van der Waals surface area contributed by atoms with Gasteiger partial charge in [-0.05, 0) is 44.0 Å². The number of ether oxygens (including phenoxy) is 1. The quantitative estimate of drug-likeness (QED) is 0.337. The van der Waals surface area contributed by atoms with Crippen LogP contribution in [0.4, 0.5) is 5.69 Å². The fourth-order valence-electron chi connectivity index (χ4n) is 4.83. The van der Waals surface area contributed by atoms with Crippen molar-refractivity contribution in [3.8, 4) is 16.3 Å². The standard InChI is InChI=1S/C30H34N4O3S/c1-21-9-7-10-22(2)27(21)32-26(35)19-33-15-17-34(18-16-33)30(3,36)20-37-25-14-8-13-24-28(25)38-29(31-24)23-11-5-4-6-12-23/h4-14,36H,15-20H2,1-3H3,(H,32,35). The number of fused-ring (bicyclic) bond motifs is 1. The zero-order valence-electron chi connectivity index (χ0n) is 22.1. The lowest BCUT2D eigenvalue weighted by Gasteiger charge is -2.42. The van der Waals surface area contributed by atoms with Crippen molar-refractivity contribution in [3.63, 3.8) is 0 Å². The molecule has 2 heterocycles. The number of benzene rings is 3. The Morgan fingerprint density at radius 2 is 1.68 bits per heavy atom. The predicted molar refractivity (Wildman–Crippen MR) is 154 cm³/mol. The first-order valence-corrected chi connectivity index (χ1v) is 13.8. The van der Waals surface area contributed by atoms with E-state index in [9.17, 15) is 9.90 Å². The van der Waals surface area contributed by atoms with Gasteiger partial charge in [-0.25, -0.2) is 4.98 Å². The number of aromatic nitrogens is 1. The molecule has 4 aromatic rings. The highest BCUT2D eigenvalue weighted by atomic mass is 32.1. The third kappa shape index (κ3) is 5.89. The molecule has 1 aliphatic rings. The van der Waals surface area contributed by atoms with Crippen LogP contribution in [-0.2, 0) is 4.79 Å². The highest BCUT2D eigenvalue weighted by Gasteiger charge is 2.33. The van der Waals surface area contributed by atoms with Gasteiger partial charge in [0, 0.05) is 37.4 Å². The molecule has 2 N–H and O–H groups in total. The Bertz CT molecular complexity index is 1390. The Morgan fingerprint density at radius 1 is 1.00 bits per heavy atom. The summed E-state index contributed by atoms with van der Waals surface area (Å²) in [6, 6.07) is 22.0. The van der Waals surface area contributed by atoms with Gasteiger partial charge in [-0.2, -0.15) is 0 Å². The zero-order valence-corrected chi connectivity index (χ0v) is 22.9. The van der Waals surface area contributed by atoms with Crippen molar-refractivity contribution < 1.29 is 14.6 Å². The van der Waals surface area contributed by atoms with Crippen LogP contribution in [0.15, 0.2) is 66.7 Å². The van der Waals surface area contributed by atoms with Crippen LogP contribution in [0.5, 0.6) is 5.75 Å². The van der Waals surface area contributed by atoms with Crippen molar-refractivity contribution in [2.75, 3.05) is 44.6 Å². The van der Waals surface area contributed by atoms with E-state index in [0.717, 1.165) is 43.4 Å². The molecule has 0 spiro atoms. The molecule has 1 saturated heterocycles. The van der Waals surface area contributed by atoms with Crippen LogP contribution in [0.25, 0.3) is 20.8 Å². The molecule has 1 aliphatic heterocycles. The van der Waals surface area contributed by atoms with Crippen molar-refractivity contribution in [1.82, 2.24) is 14.8 Å².